The molecule has 5 heteroatoms. The van der Waals surface area contributed by atoms with Crippen LogP contribution >= 0.6 is 0 Å². The fourth-order valence-corrected chi connectivity index (χ4v) is 4.78. The highest BCUT2D eigenvalue weighted by Crippen LogP contribution is 2.42. The van der Waals surface area contributed by atoms with Gasteiger partial charge < -0.3 is 5.73 Å². The third-order valence-corrected chi connectivity index (χ3v) is 5.83. The van der Waals surface area contributed by atoms with Crippen molar-refractivity contribution in [2.75, 3.05) is 12.3 Å². The van der Waals surface area contributed by atoms with Gasteiger partial charge in [-0.2, -0.15) is 0 Å². The van der Waals surface area contributed by atoms with Crippen molar-refractivity contribution in [3.8, 4) is 0 Å². The van der Waals surface area contributed by atoms with Gasteiger partial charge in [0.2, 0.25) is 10.0 Å². The molecule has 3 N–H and O–H groups in total. The van der Waals surface area contributed by atoms with E-state index >= 15 is 0 Å². The monoisotopic (exact) mass is 310 g/mol. The first-order chi connectivity index (χ1) is 9.85. The van der Waals surface area contributed by atoms with E-state index in [2.05, 4.69) is 18.6 Å². The molecule has 21 heavy (non-hydrogen) atoms. The lowest BCUT2D eigenvalue weighted by Gasteiger charge is -2.31. The number of para-hydroxylation sites is 1. The van der Waals surface area contributed by atoms with Gasteiger partial charge in [-0.1, -0.05) is 38.8 Å². The van der Waals surface area contributed by atoms with Crippen LogP contribution in [0.25, 0.3) is 0 Å². The molecule has 0 aromatic heterocycles. The molecule has 1 fully saturated rings. The van der Waals surface area contributed by atoms with Crippen molar-refractivity contribution < 1.29 is 8.42 Å². The Hall–Kier alpha value is -1.07. The van der Waals surface area contributed by atoms with E-state index in [1.165, 1.54) is 12.8 Å². The summed E-state index contributed by atoms with van der Waals surface area (Å²) in [7, 11) is -3.53. The molecule has 1 saturated carbocycles. The quantitative estimate of drug-likeness (QED) is 0.793. The number of hydrogen-bond donors (Lipinski definition) is 2. The fourth-order valence-electron chi connectivity index (χ4n) is 3.50. The summed E-state index contributed by atoms with van der Waals surface area (Å²) >= 11 is 0. The zero-order chi connectivity index (χ0) is 15.5. The normalized spacial score (nSPS) is 18.2. The number of nitrogen functional groups attached to an aromatic ring is 1. The number of nitrogens with one attached hydrogen (secondary N) is 1. The first kappa shape index (κ1) is 16.3. The maximum Gasteiger partial charge on any atom is 0.242 e. The van der Waals surface area contributed by atoms with E-state index in [1.54, 1.807) is 24.3 Å². The van der Waals surface area contributed by atoms with Crippen LogP contribution in [0.15, 0.2) is 29.2 Å². The largest absolute Gasteiger partial charge is 0.398 e. The summed E-state index contributed by atoms with van der Waals surface area (Å²) in [6, 6.07) is 6.62. The molecule has 118 valence electrons. The van der Waals surface area contributed by atoms with Gasteiger partial charge in [0.05, 0.1) is 5.69 Å². The lowest BCUT2D eigenvalue weighted by molar-refractivity contribution is 0.236. The fraction of sp³-hybridized carbons (Fsp3) is 0.625. The highest BCUT2D eigenvalue weighted by Gasteiger charge is 2.35. The standard InChI is InChI=1S/C16H26N2O2S/c1-13(2)11-16(9-5-6-10-16)12-18-21(19,20)15-8-4-3-7-14(15)17/h3-4,7-8,13,18H,5-6,9-12,17H2,1-2H3. The predicted molar refractivity (Wildman–Crippen MR) is 86.4 cm³/mol. The van der Waals surface area contributed by atoms with Gasteiger partial charge in [-0.3, -0.25) is 0 Å². The molecule has 0 heterocycles. The number of benzene rings is 1. The van der Waals surface area contributed by atoms with Crippen molar-refractivity contribution in [1.29, 1.82) is 0 Å². The highest BCUT2D eigenvalue weighted by atomic mass is 32.2. The van der Waals surface area contributed by atoms with Crippen LogP contribution in [0.4, 0.5) is 5.69 Å². The Morgan fingerprint density at radius 3 is 2.43 bits per heavy atom. The van der Waals surface area contributed by atoms with Gasteiger partial charge in [-0.05, 0) is 42.7 Å². The Morgan fingerprint density at radius 2 is 1.86 bits per heavy atom. The first-order valence-corrected chi connectivity index (χ1v) is 9.17. The number of rotatable bonds is 6. The van der Waals surface area contributed by atoms with E-state index in [-0.39, 0.29) is 10.3 Å². The summed E-state index contributed by atoms with van der Waals surface area (Å²) in [5, 5.41) is 0. The maximum atomic E-state index is 12.4. The van der Waals surface area contributed by atoms with Gasteiger partial charge in [-0.15, -0.1) is 0 Å². The second kappa shape index (κ2) is 6.36. The van der Waals surface area contributed by atoms with Crippen LogP contribution in [0.1, 0.15) is 46.0 Å². The Morgan fingerprint density at radius 1 is 1.24 bits per heavy atom. The van der Waals surface area contributed by atoms with E-state index in [1.807, 2.05) is 0 Å². The molecule has 0 saturated heterocycles. The minimum absolute atomic E-state index is 0.116. The summed E-state index contributed by atoms with van der Waals surface area (Å²) < 4.78 is 27.7. The Bertz CT molecular complexity index is 576. The first-order valence-electron chi connectivity index (χ1n) is 7.69. The van der Waals surface area contributed by atoms with Gasteiger partial charge in [0, 0.05) is 6.54 Å². The van der Waals surface area contributed by atoms with Crippen molar-refractivity contribution in [2.24, 2.45) is 11.3 Å². The summed E-state index contributed by atoms with van der Waals surface area (Å²) in [4.78, 5) is 0.183. The second-order valence-corrected chi connectivity index (χ2v) is 8.40. The molecular formula is C16H26N2O2S. The highest BCUT2D eigenvalue weighted by molar-refractivity contribution is 7.89. The molecular weight excluding hydrogens is 284 g/mol. The summed E-state index contributed by atoms with van der Waals surface area (Å²) in [6.45, 7) is 4.91. The Balaban J connectivity index is 2.12. The van der Waals surface area contributed by atoms with Gasteiger partial charge in [0.15, 0.2) is 0 Å². The minimum Gasteiger partial charge on any atom is -0.398 e. The van der Waals surface area contributed by atoms with Crippen LogP contribution in [-0.4, -0.2) is 15.0 Å². The van der Waals surface area contributed by atoms with E-state index in [9.17, 15) is 8.42 Å². The molecule has 0 bridgehead atoms. The molecule has 1 aromatic carbocycles. The number of anilines is 1. The zero-order valence-corrected chi connectivity index (χ0v) is 13.7. The molecule has 2 rings (SSSR count). The Labute approximate surface area is 128 Å². The third-order valence-electron chi connectivity index (χ3n) is 4.35. The summed E-state index contributed by atoms with van der Waals surface area (Å²) in [6.07, 6.45) is 5.68. The number of sulfonamides is 1. The lowest BCUT2D eigenvalue weighted by Crippen LogP contribution is -2.37. The molecule has 1 aliphatic rings. The van der Waals surface area contributed by atoms with Crippen molar-refractivity contribution in [3.63, 3.8) is 0 Å². The van der Waals surface area contributed by atoms with Crippen LogP contribution < -0.4 is 10.5 Å². The summed E-state index contributed by atoms with van der Waals surface area (Å²) in [5.41, 5.74) is 6.20. The van der Waals surface area contributed by atoms with Crippen molar-refractivity contribution in [3.05, 3.63) is 24.3 Å². The van der Waals surface area contributed by atoms with Crippen LogP contribution in [0, 0.1) is 11.3 Å². The summed E-state index contributed by atoms with van der Waals surface area (Å²) in [5.74, 6) is 0.578. The smallest absolute Gasteiger partial charge is 0.242 e. The Kier molecular flexibility index (Phi) is 4.94. The van der Waals surface area contributed by atoms with Crippen LogP contribution in [0.5, 0.6) is 0 Å². The van der Waals surface area contributed by atoms with Gasteiger partial charge in [-0.25, -0.2) is 13.1 Å². The van der Waals surface area contributed by atoms with Crippen LogP contribution in [-0.2, 0) is 10.0 Å². The van der Waals surface area contributed by atoms with Crippen LogP contribution in [0.3, 0.4) is 0 Å². The van der Waals surface area contributed by atoms with Gasteiger partial charge in [0.1, 0.15) is 4.90 Å². The van der Waals surface area contributed by atoms with Crippen LogP contribution in [0.2, 0.25) is 0 Å². The van der Waals surface area contributed by atoms with E-state index in [4.69, 9.17) is 5.73 Å². The number of hydrogen-bond acceptors (Lipinski definition) is 3. The average molecular weight is 310 g/mol. The molecule has 0 spiro atoms. The lowest BCUT2D eigenvalue weighted by atomic mass is 9.79. The van der Waals surface area contributed by atoms with Gasteiger partial charge in [0.25, 0.3) is 0 Å². The van der Waals surface area contributed by atoms with Crippen molar-refractivity contribution in [2.45, 2.75) is 50.8 Å². The number of nitrogens with two attached hydrogens (primary N) is 1. The van der Waals surface area contributed by atoms with E-state index in [0.717, 1.165) is 19.3 Å². The molecule has 0 atom stereocenters. The third kappa shape index (κ3) is 3.98. The van der Waals surface area contributed by atoms with Crippen molar-refractivity contribution >= 4 is 15.7 Å². The molecule has 0 unspecified atom stereocenters. The van der Waals surface area contributed by atoms with Gasteiger partial charge >= 0.3 is 0 Å². The average Bonchev–Trinajstić information content (AvgIpc) is 2.85. The predicted octanol–water partition coefficient (Wildman–Crippen LogP) is 3.15. The molecule has 4 nitrogen and oxygen atoms in total. The molecule has 0 amide bonds. The molecule has 0 aliphatic heterocycles. The maximum absolute atomic E-state index is 12.4. The SMILES string of the molecule is CC(C)CC1(CNS(=O)(=O)c2ccccc2N)CCCC1. The second-order valence-electron chi connectivity index (χ2n) is 6.67. The topological polar surface area (TPSA) is 72.2 Å². The zero-order valence-electron chi connectivity index (χ0n) is 12.9. The molecule has 1 aromatic rings. The van der Waals surface area contributed by atoms with E-state index in [0.29, 0.717) is 18.2 Å². The minimum atomic E-state index is -3.53. The van der Waals surface area contributed by atoms with Crippen molar-refractivity contribution in [1.82, 2.24) is 4.72 Å². The van der Waals surface area contributed by atoms with E-state index < -0.39 is 10.0 Å². The molecule has 1 aliphatic carbocycles. The molecule has 0 radical (unpaired) electrons.